The summed E-state index contributed by atoms with van der Waals surface area (Å²) in [6.07, 6.45) is 1.91. The summed E-state index contributed by atoms with van der Waals surface area (Å²) in [6, 6.07) is 4.38. The zero-order valence-electron chi connectivity index (χ0n) is 11.5. The number of hydrogen-bond acceptors (Lipinski definition) is 5. The van der Waals surface area contributed by atoms with Crippen molar-refractivity contribution in [1.82, 2.24) is 9.62 Å². The molecule has 1 unspecified atom stereocenters. The molecule has 9 heteroatoms. The van der Waals surface area contributed by atoms with Crippen molar-refractivity contribution in [1.29, 1.82) is 0 Å². The highest BCUT2D eigenvalue weighted by molar-refractivity contribution is 7.89. The van der Waals surface area contributed by atoms with Crippen LogP contribution in [0.3, 0.4) is 0 Å². The van der Waals surface area contributed by atoms with Crippen molar-refractivity contribution >= 4 is 20.2 Å². The second-order valence-electron chi connectivity index (χ2n) is 5.04. The van der Waals surface area contributed by atoms with Crippen LogP contribution in [0.5, 0.6) is 0 Å². The van der Waals surface area contributed by atoms with Crippen LogP contribution >= 0.6 is 0 Å². The van der Waals surface area contributed by atoms with Crippen LogP contribution in [-0.2, 0) is 20.2 Å². The molecule has 1 atom stereocenters. The molecule has 0 bridgehead atoms. The average Bonchev–Trinajstić information content (AvgIpc) is 2.81. The number of likely N-dealkylation sites (tertiary alicyclic amines) is 1. The molecule has 0 radical (unpaired) electrons. The molecular formula is C12H17FN2O4S2. The fourth-order valence-corrected chi connectivity index (χ4v) is 4.02. The zero-order valence-corrected chi connectivity index (χ0v) is 13.1. The van der Waals surface area contributed by atoms with Crippen molar-refractivity contribution in [2.75, 3.05) is 20.1 Å². The van der Waals surface area contributed by atoms with E-state index in [1.165, 1.54) is 12.1 Å². The number of hydrogen-bond donors (Lipinski definition) is 1. The molecule has 0 spiro atoms. The molecule has 1 heterocycles. The molecule has 1 fully saturated rings. The third kappa shape index (κ3) is 4.00. The lowest BCUT2D eigenvalue weighted by Crippen LogP contribution is -2.38. The lowest BCUT2D eigenvalue weighted by atomic mass is 10.2. The molecule has 1 aliphatic heterocycles. The molecule has 0 aromatic heterocycles. The van der Waals surface area contributed by atoms with E-state index < -0.39 is 25.1 Å². The molecule has 1 N–H and O–H groups in total. The van der Waals surface area contributed by atoms with Gasteiger partial charge in [-0.1, -0.05) is 6.07 Å². The van der Waals surface area contributed by atoms with E-state index >= 15 is 0 Å². The van der Waals surface area contributed by atoms with E-state index in [1.54, 1.807) is 0 Å². The fraction of sp³-hybridized carbons (Fsp3) is 0.500. The van der Waals surface area contributed by atoms with Crippen molar-refractivity contribution in [3.8, 4) is 0 Å². The Hall–Kier alpha value is -1.03. The van der Waals surface area contributed by atoms with Gasteiger partial charge in [0, 0.05) is 12.6 Å². The molecule has 1 aromatic rings. The van der Waals surface area contributed by atoms with Gasteiger partial charge in [-0.25, -0.2) is 13.1 Å². The molecule has 1 saturated heterocycles. The highest BCUT2D eigenvalue weighted by Gasteiger charge is 2.24. The summed E-state index contributed by atoms with van der Waals surface area (Å²) in [5.74, 6) is 0. The third-order valence-corrected chi connectivity index (χ3v) is 5.82. The van der Waals surface area contributed by atoms with Crippen molar-refractivity contribution in [3.63, 3.8) is 0 Å². The first-order valence-corrected chi connectivity index (χ1v) is 9.31. The van der Waals surface area contributed by atoms with E-state index in [0.717, 1.165) is 31.5 Å². The van der Waals surface area contributed by atoms with Crippen LogP contribution in [0.1, 0.15) is 12.8 Å². The maximum Gasteiger partial charge on any atom is 0.332 e. The Labute approximate surface area is 124 Å². The summed E-state index contributed by atoms with van der Waals surface area (Å²) in [6.45, 7) is 1.16. The van der Waals surface area contributed by atoms with E-state index in [2.05, 4.69) is 9.62 Å². The average molecular weight is 336 g/mol. The predicted octanol–water partition coefficient (Wildman–Crippen LogP) is 0.717. The highest BCUT2D eigenvalue weighted by Crippen LogP contribution is 2.18. The molecule has 0 saturated carbocycles. The standard InChI is InChI=1S/C12H17FN2O4S2/c1-15-7-3-4-10(15)9-14-21(18,19)12-6-2-5-11(8-12)20(13,16)17/h2,5-6,8,10,14H,3-4,7,9H2,1H3. The van der Waals surface area contributed by atoms with Gasteiger partial charge in [0.2, 0.25) is 10.0 Å². The third-order valence-electron chi connectivity index (χ3n) is 3.58. The van der Waals surface area contributed by atoms with Crippen molar-refractivity contribution in [3.05, 3.63) is 24.3 Å². The summed E-state index contributed by atoms with van der Waals surface area (Å²) in [5, 5.41) is 0. The second kappa shape index (κ2) is 5.99. The number of rotatable bonds is 5. The molecule has 6 nitrogen and oxygen atoms in total. The topological polar surface area (TPSA) is 83.6 Å². The Morgan fingerprint density at radius 3 is 2.52 bits per heavy atom. The van der Waals surface area contributed by atoms with Gasteiger partial charge in [0.25, 0.3) is 0 Å². The smallest absolute Gasteiger partial charge is 0.302 e. The Bertz CT molecular complexity index is 719. The van der Waals surface area contributed by atoms with Gasteiger partial charge in [-0.3, -0.25) is 0 Å². The second-order valence-corrected chi connectivity index (χ2v) is 8.16. The Kier molecular flexibility index (Phi) is 4.66. The SMILES string of the molecule is CN1CCCC1CNS(=O)(=O)c1cccc(S(=O)(=O)F)c1. The van der Waals surface area contributed by atoms with E-state index in [9.17, 15) is 20.7 Å². The van der Waals surface area contributed by atoms with Crippen LogP contribution in [0.4, 0.5) is 3.89 Å². The molecule has 21 heavy (non-hydrogen) atoms. The number of halogens is 1. The summed E-state index contributed by atoms with van der Waals surface area (Å²) in [5.41, 5.74) is 0. The number of benzene rings is 1. The van der Waals surface area contributed by atoms with Gasteiger partial charge in [0.05, 0.1) is 9.79 Å². The van der Waals surface area contributed by atoms with Crippen molar-refractivity contribution in [2.45, 2.75) is 28.7 Å². The summed E-state index contributed by atoms with van der Waals surface area (Å²) in [7, 11) is -6.87. The number of likely N-dealkylation sites (N-methyl/N-ethyl adjacent to an activating group) is 1. The Balaban J connectivity index is 2.16. The van der Waals surface area contributed by atoms with E-state index in [1.807, 2.05) is 7.05 Å². The minimum Gasteiger partial charge on any atom is -0.302 e. The number of nitrogens with one attached hydrogen (secondary N) is 1. The van der Waals surface area contributed by atoms with Crippen molar-refractivity contribution in [2.24, 2.45) is 0 Å². The molecule has 2 rings (SSSR count). The van der Waals surface area contributed by atoms with Crippen LogP contribution in [0.15, 0.2) is 34.1 Å². The van der Waals surface area contributed by atoms with Gasteiger partial charge >= 0.3 is 10.2 Å². The summed E-state index contributed by atoms with van der Waals surface area (Å²) >= 11 is 0. The van der Waals surface area contributed by atoms with Crippen LogP contribution in [0.2, 0.25) is 0 Å². The van der Waals surface area contributed by atoms with Crippen LogP contribution in [0.25, 0.3) is 0 Å². The van der Waals surface area contributed by atoms with Crippen LogP contribution in [0, 0.1) is 0 Å². The minimum atomic E-state index is -4.93. The minimum absolute atomic E-state index is 0.118. The maximum atomic E-state index is 12.9. The maximum absolute atomic E-state index is 12.9. The van der Waals surface area contributed by atoms with Crippen LogP contribution < -0.4 is 4.72 Å². The molecule has 0 aliphatic carbocycles. The lowest BCUT2D eigenvalue weighted by Gasteiger charge is -2.19. The Morgan fingerprint density at radius 2 is 1.95 bits per heavy atom. The largest absolute Gasteiger partial charge is 0.332 e. The van der Waals surface area contributed by atoms with E-state index in [0.29, 0.717) is 0 Å². The van der Waals surface area contributed by atoms with Gasteiger partial charge in [0.1, 0.15) is 0 Å². The zero-order chi connectivity index (χ0) is 15.7. The molecule has 1 aliphatic rings. The van der Waals surface area contributed by atoms with Gasteiger partial charge in [-0.15, -0.1) is 3.89 Å². The number of sulfonamides is 1. The van der Waals surface area contributed by atoms with Gasteiger partial charge in [0.15, 0.2) is 0 Å². The monoisotopic (exact) mass is 336 g/mol. The quantitative estimate of drug-likeness (QED) is 0.801. The Morgan fingerprint density at radius 1 is 1.29 bits per heavy atom. The van der Waals surface area contributed by atoms with Gasteiger partial charge in [-0.05, 0) is 44.6 Å². The molecule has 118 valence electrons. The number of nitrogens with zero attached hydrogens (tertiary/aromatic N) is 1. The first-order chi connectivity index (χ1) is 9.70. The van der Waals surface area contributed by atoms with Crippen molar-refractivity contribution < 1.29 is 20.7 Å². The van der Waals surface area contributed by atoms with E-state index in [-0.39, 0.29) is 17.5 Å². The lowest BCUT2D eigenvalue weighted by molar-refractivity contribution is 0.311. The van der Waals surface area contributed by atoms with Gasteiger partial charge < -0.3 is 4.90 Å². The highest BCUT2D eigenvalue weighted by atomic mass is 32.3. The first kappa shape index (κ1) is 16.3. The summed E-state index contributed by atoms with van der Waals surface area (Å²) in [4.78, 5) is 1.13. The normalized spacial score (nSPS) is 20.8. The fourth-order valence-electron chi connectivity index (χ4n) is 2.32. The predicted molar refractivity (Wildman–Crippen MR) is 75.6 cm³/mol. The van der Waals surface area contributed by atoms with E-state index in [4.69, 9.17) is 0 Å². The summed E-state index contributed by atoms with van der Waals surface area (Å²) < 4.78 is 61.3. The molecule has 1 aromatic carbocycles. The van der Waals surface area contributed by atoms with Gasteiger partial charge in [-0.2, -0.15) is 8.42 Å². The molecule has 0 amide bonds. The molecular weight excluding hydrogens is 319 g/mol. The van der Waals surface area contributed by atoms with Crippen LogP contribution in [-0.4, -0.2) is 47.9 Å². The first-order valence-electron chi connectivity index (χ1n) is 6.45.